The fraction of sp³-hybridized carbons (Fsp3) is 0.200. The Bertz CT molecular complexity index is 1600. The van der Waals surface area contributed by atoms with Gasteiger partial charge in [-0.2, -0.15) is 0 Å². The first kappa shape index (κ1) is 25.5. The van der Waals surface area contributed by atoms with Crippen LogP contribution < -0.4 is 0 Å². The van der Waals surface area contributed by atoms with Crippen molar-refractivity contribution in [2.75, 3.05) is 7.11 Å². The molecule has 8 heteroatoms. The van der Waals surface area contributed by atoms with E-state index in [0.717, 1.165) is 26.2 Å². The Hall–Kier alpha value is -4.17. The van der Waals surface area contributed by atoms with Crippen molar-refractivity contribution >= 4 is 32.8 Å². The summed E-state index contributed by atoms with van der Waals surface area (Å²) in [5, 5.41) is 1.89. The van der Waals surface area contributed by atoms with E-state index in [2.05, 4.69) is 0 Å². The Balaban J connectivity index is 1.72. The van der Waals surface area contributed by atoms with Crippen molar-refractivity contribution < 1.29 is 22.7 Å². The lowest BCUT2D eigenvalue weighted by Gasteiger charge is -2.30. The van der Waals surface area contributed by atoms with Crippen LogP contribution in [0.2, 0.25) is 0 Å². The van der Waals surface area contributed by atoms with Gasteiger partial charge < -0.3 is 9.64 Å². The molecule has 5 rings (SSSR count). The second-order valence-electron chi connectivity index (χ2n) is 9.37. The highest BCUT2D eigenvalue weighted by Gasteiger charge is 2.57. The second-order valence-corrected chi connectivity index (χ2v) is 11.2. The summed E-state index contributed by atoms with van der Waals surface area (Å²) >= 11 is 0. The molecule has 2 amide bonds. The molecule has 7 nitrogen and oxygen atoms in total. The van der Waals surface area contributed by atoms with Crippen LogP contribution in [0.4, 0.5) is 4.79 Å². The Morgan fingerprint density at radius 2 is 1.50 bits per heavy atom. The number of amides is 2. The van der Waals surface area contributed by atoms with E-state index in [1.165, 1.54) is 24.1 Å². The highest BCUT2D eigenvalue weighted by Crippen LogP contribution is 2.44. The van der Waals surface area contributed by atoms with Gasteiger partial charge in [0.2, 0.25) is 0 Å². The quantitative estimate of drug-likeness (QED) is 0.304. The average Bonchev–Trinajstić information content (AvgIpc) is 3.26. The number of ether oxygens (including phenoxy) is 1. The van der Waals surface area contributed by atoms with Crippen molar-refractivity contribution in [3.8, 4) is 0 Å². The van der Waals surface area contributed by atoms with Gasteiger partial charge in [-0.05, 0) is 47.9 Å². The molecule has 1 heterocycles. The lowest BCUT2D eigenvalue weighted by atomic mass is 9.95. The molecule has 0 saturated carbocycles. The molecule has 4 aromatic carbocycles. The van der Waals surface area contributed by atoms with Gasteiger partial charge in [-0.15, -0.1) is 0 Å². The number of urea groups is 1. The van der Waals surface area contributed by atoms with Gasteiger partial charge in [0.1, 0.15) is 6.04 Å². The monoisotopic (exact) mass is 528 g/mol. The van der Waals surface area contributed by atoms with Crippen LogP contribution >= 0.6 is 0 Å². The molecule has 1 aliphatic rings. The van der Waals surface area contributed by atoms with E-state index in [4.69, 9.17) is 4.74 Å². The Morgan fingerprint density at radius 3 is 2.18 bits per heavy atom. The third-order valence-corrected chi connectivity index (χ3v) is 8.88. The molecular formula is C30H28N2O5S. The average molecular weight is 529 g/mol. The summed E-state index contributed by atoms with van der Waals surface area (Å²) in [6.45, 7) is 3.66. The Labute approximate surface area is 222 Å². The number of sulfonamides is 1. The summed E-state index contributed by atoms with van der Waals surface area (Å²) in [5.41, 5.74) is 2.20. The second kappa shape index (κ2) is 9.95. The van der Waals surface area contributed by atoms with Crippen LogP contribution in [0.1, 0.15) is 35.7 Å². The molecule has 0 radical (unpaired) electrons. The minimum Gasteiger partial charge on any atom is -0.467 e. The first-order valence-electron chi connectivity index (χ1n) is 12.3. The number of hydrogen-bond acceptors (Lipinski definition) is 5. The fourth-order valence-electron chi connectivity index (χ4n) is 5.21. The van der Waals surface area contributed by atoms with Crippen molar-refractivity contribution in [1.29, 1.82) is 0 Å². The third kappa shape index (κ3) is 4.20. The van der Waals surface area contributed by atoms with Crippen LogP contribution in [0.3, 0.4) is 0 Å². The van der Waals surface area contributed by atoms with E-state index < -0.39 is 40.1 Å². The number of hydrogen-bond donors (Lipinski definition) is 0. The standard InChI is InChI=1S/C30H28N2O5S/c1-20-16-18-24(19-17-20)38(35,36)32-27(23-11-5-4-6-12-23)28(29(33)37-3)31(30(32)34)21(2)25-15-9-13-22-10-7-8-14-26(22)25/h4-19,21,27-28H,1-3H3. The lowest BCUT2D eigenvalue weighted by Crippen LogP contribution is -2.42. The number of aryl methyl sites for hydroxylation is 1. The number of benzene rings is 4. The summed E-state index contributed by atoms with van der Waals surface area (Å²) < 4.78 is 34.1. The number of fused-ring (bicyclic) bond motifs is 1. The molecule has 1 saturated heterocycles. The zero-order chi connectivity index (χ0) is 27.0. The SMILES string of the molecule is COC(=O)C1C(c2ccccc2)N(S(=O)(=O)c2ccc(C)cc2)C(=O)N1C(C)c1cccc2ccccc12. The smallest absolute Gasteiger partial charge is 0.335 e. The number of rotatable bonds is 6. The number of methoxy groups -OCH3 is 1. The topological polar surface area (TPSA) is 84.0 Å². The third-order valence-electron chi connectivity index (χ3n) is 7.11. The molecule has 1 fully saturated rings. The first-order valence-corrected chi connectivity index (χ1v) is 13.7. The fourth-order valence-corrected chi connectivity index (χ4v) is 6.75. The number of nitrogens with zero attached hydrogens (tertiary/aromatic N) is 2. The zero-order valence-electron chi connectivity index (χ0n) is 21.3. The van der Waals surface area contributed by atoms with Gasteiger partial charge in [0.05, 0.1) is 18.0 Å². The predicted molar refractivity (Wildman–Crippen MR) is 145 cm³/mol. The van der Waals surface area contributed by atoms with Crippen molar-refractivity contribution in [2.24, 2.45) is 0 Å². The minimum absolute atomic E-state index is 0.0272. The highest BCUT2D eigenvalue weighted by molar-refractivity contribution is 7.89. The molecule has 1 aliphatic heterocycles. The van der Waals surface area contributed by atoms with Gasteiger partial charge >= 0.3 is 12.0 Å². The van der Waals surface area contributed by atoms with E-state index >= 15 is 0 Å². The van der Waals surface area contributed by atoms with Crippen molar-refractivity contribution in [1.82, 2.24) is 9.21 Å². The van der Waals surface area contributed by atoms with Crippen LogP contribution in [0.15, 0.2) is 102 Å². The molecule has 194 valence electrons. The molecule has 38 heavy (non-hydrogen) atoms. The van der Waals surface area contributed by atoms with Crippen LogP contribution in [0.5, 0.6) is 0 Å². The maximum absolute atomic E-state index is 14.2. The molecule has 0 aliphatic carbocycles. The summed E-state index contributed by atoms with van der Waals surface area (Å²) in [6, 6.07) is 24.8. The van der Waals surface area contributed by atoms with E-state index in [1.54, 1.807) is 49.4 Å². The summed E-state index contributed by atoms with van der Waals surface area (Å²) in [5.74, 6) is -0.694. The van der Waals surface area contributed by atoms with Gasteiger partial charge in [0.15, 0.2) is 6.04 Å². The molecule has 3 unspecified atom stereocenters. The number of carbonyl (C=O) groups excluding carboxylic acids is 2. The van der Waals surface area contributed by atoms with E-state index in [9.17, 15) is 18.0 Å². The van der Waals surface area contributed by atoms with Crippen molar-refractivity contribution in [3.05, 3.63) is 114 Å². The zero-order valence-corrected chi connectivity index (χ0v) is 22.1. The van der Waals surface area contributed by atoms with Crippen molar-refractivity contribution in [2.45, 2.75) is 36.9 Å². The van der Waals surface area contributed by atoms with E-state index in [0.29, 0.717) is 5.56 Å². The summed E-state index contributed by atoms with van der Waals surface area (Å²) in [7, 11) is -3.09. The minimum atomic E-state index is -4.33. The van der Waals surface area contributed by atoms with Gasteiger partial charge in [-0.3, -0.25) is 0 Å². The maximum atomic E-state index is 14.2. The molecule has 0 N–H and O–H groups in total. The highest BCUT2D eigenvalue weighted by atomic mass is 32.2. The Kier molecular flexibility index (Phi) is 6.67. The first-order chi connectivity index (χ1) is 18.3. The van der Waals surface area contributed by atoms with Crippen LogP contribution in [-0.4, -0.2) is 42.8 Å². The van der Waals surface area contributed by atoms with Gasteiger partial charge in [-0.25, -0.2) is 22.3 Å². The molecular weight excluding hydrogens is 500 g/mol. The van der Waals surface area contributed by atoms with E-state index in [-0.39, 0.29) is 4.90 Å². The van der Waals surface area contributed by atoms with E-state index in [1.807, 2.05) is 49.4 Å². The number of carbonyl (C=O) groups is 2. The van der Waals surface area contributed by atoms with Crippen LogP contribution in [0.25, 0.3) is 10.8 Å². The van der Waals surface area contributed by atoms with Crippen LogP contribution in [0, 0.1) is 6.92 Å². The molecule has 3 atom stereocenters. The summed E-state index contributed by atoms with van der Waals surface area (Å²) in [4.78, 5) is 28.9. The molecule has 0 aromatic heterocycles. The molecule has 0 spiro atoms. The van der Waals surface area contributed by atoms with Gasteiger partial charge in [0, 0.05) is 0 Å². The predicted octanol–water partition coefficient (Wildman–Crippen LogP) is 5.62. The largest absolute Gasteiger partial charge is 0.467 e. The normalized spacial score (nSPS) is 18.6. The molecule has 4 aromatic rings. The Morgan fingerprint density at radius 1 is 0.868 bits per heavy atom. The van der Waals surface area contributed by atoms with Gasteiger partial charge in [0.25, 0.3) is 10.0 Å². The lowest BCUT2D eigenvalue weighted by molar-refractivity contribution is -0.146. The van der Waals surface area contributed by atoms with Crippen LogP contribution in [-0.2, 0) is 19.6 Å². The van der Waals surface area contributed by atoms with Gasteiger partial charge in [-0.1, -0.05) is 90.5 Å². The van der Waals surface area contributed by atoms with Crippen molar-refractivity contribution in [3.63, 3.8) is 0 Å². The number of esters is 1. The molecule has 0 bridgehead atoms. The maximum Gasteiger partial charge on any atom is 0.335 e. The summed E-state index contributed by atoms with van der Waals surface area (Å²) in [6.07, 6.45) is 0.